The first-order chi connectivity index (χ1) is 19.1. The van der Waals surface area contributed by atoms with Gasteiger partial charge in [-0.1, -0.05) is 44.7 Å². The monoisotopic (exact) mass is 570 g/mol. The van der Waals surface area contributed by atoms with Crippen LogP contribution in [0.25, 0.3) is 0 Å². The molecule has 2 aliphatic rings. The number of nitrogens with one attached hydrogen (secondary N) is 2. The third-order valence-electron chi connectivity index (χ3n) is 8.10. The molecule has 1 aliphatic carbocycles. The predicted molar refractivity (Wildman–Crippen MR) is 161 cm³/mol. The van der Waals surface area contributed by atoms with Gasteiger partial charge >= 0.3 is 6.03 Å². The molecule has 4 rings (SSSR count). The molecule has 2 aromatic carbocycles. The van der Waals surface area contributed by atoms with Crippen molar-refractivity contribution in [2.75, 3.05) is 30.6 Å². The average molecular weight is 571 g/mol. The largest absolute Gasteiger partial charge is 0.457 e. The van der Waals surface area contributed by atoms with Crippen LogP contribution in [0.4, 0.5) is 10.5 Å². The number of hydrogen-bond donors (Lipinski definition) is 2. The molecule has 1 aliphatic heterocycles. The number of carbonyl (C=O) groups is 1. The van der Waals surface area contributed by atoms with Gasteiger partial charge < -0.3 is 15.0 Å². The number of rotatable bonds is 11. The molecule has 0 unspecified atom stereocenters. The molecule has 220 valence electrons. The zero-order valence-corrected chi connectivity index (χ0v) is 25.1. The molecule has 2 amide bonds. The summed E-state index contributed by atoms with van der Waals surface area (Å²) in [7, 11) is -3.30. The minimum Gasteiger partial charge on any atom is -0.457 e. The second-order valence-corrected chi connectivity index (χ2v) is 13.5. The van der Waals surface area contributed by atoms with Crippen molar-refractivity contribution in [3.63, 3.8) is 0 Å². The molecular formula is C31H46N4O4S. The van der Waals surface area contributed by atoms with Gasteiger partial charge in [0.05, 0.1) is 6.26 Å². The molecule has 8 nitrogen and oxygen atoms in total. The number of urea groups is 1. The van der Waals surface area contributed by atoms with E-state index in [0.29, 0.717) is 17.5 Å². The molecule has 0 aromatic heterocycles. The number of sulfonamides is 1. The highest BCUT2D eigenvalue weighted by Gasteiger charge is 2.33. The molecule has 9 heteroatoms. The number of likely N-dealkylation sites (tertiary alicyclic amines) is 1. The minimum absolute atomic E-state index is 0.0602. The average Bonchev–Trinajstić information content (AvgIpc) is 2.91. The summed E-state index contributed by atoms with van der Waals surface area (Å²) >= 11 is 0. The summed E-state index contributed by atoms with van der Waals surface area (Å²) in [6.45, 7) is 8.07. The molecule has 2 N–H and O–H groups in total. The van der Waals surface area contributed by atoms with Crippen LogP contribution in [-0.2, 0) is 16.6 Å². The summed E-state index contributed by atoms with van der Waals surface area (Å²) in [6.07, 6.45) is 11.1. The van der Waals surface area contributed by atoms with Gasteiger partial charge in [-0.15, -0.1) is 0 Å². The van der Waals surface area contributed by atoms with Crippen molar-refractivity contribution in [2.24, 2.45) is 0 Å². The van der Waals surface area contributed by atoms with Crippen LogP contribution < -0.4 is 14.8 Å². The molecule has 40 heavy (non-hydrogen) atoms. The summed E-state index contributed by atoms with van der Waals surface area (Å²) in [4.78, 5) is 18.0. The van der Waals surface area contributed by atoms with Crippen LogP contribution in [0.2, 0.25) is 0 Å². The van der Waals surface area contributed by atoms with E-state index < -0.39 is 10.0 Å². The first-order valence-electron chi connectivity index (χ1n) is 14.8. The van der Waals surface area contributed by atoms with Crippen LogP contribution in [-0.4, -0.2) is 61.7 Å². The van der Waals surface area contributed by atoms with Gasteiger partial charge in [-0.05, 0) is 81.0 Å². The molecule has 2 fully saturated rings. The second-order valence-electron chi connectivity index (χ2n) is 11.8. The van der Waals surface area contributed by atoms with E-state index in [0.717, 1.165) is 76.7 Å². The fourth-order valence-corrected chi connectivity index (χ4v) is 6.38. The topological polar surface area (TPSA) is 91.0 Å². The maximum atomic E-state index is 13.4. The van der Waals surface area contributed by atoms with E-state index >= 15 is 0 Å². The molecule has 1 saturated heterocycles. The number of benzene rings is 2. The van der Waals surface area contributed by atoms with Crippen molar-refractivity contribution in [1.29, 1.82) is 0 Å². The van der Waals surface area contributed by atoms with Gasteiger partial charge in [0.1, 0.15) is 11.5 Å². The smallest absolute Gasteiger partial charge is 0.318 e. The lowest BCUT2D eigenvalue weighted by molar-refractivity contribution is 0.108. The highest BCUT2D eigenvalue weighted by atomic mass is 32.2. The van der Waals surface area contributed by atoms with Gasteiger partial charge in [0.25, 0.3) is 0 Å². The molecule has 0 radical (unpaired) electrons. The van der Waals surface area contributed by atoms with E-state index in [1.165, 1.54) is 24.8 Å². The van der Waals surface area contributed by atoms with E-state index in [9.17, 15) is 13.2 Å². The number of nitrogens with zero attached hydrogens (tertiary/aromatic N) is 2. The Bertz CT molecular complexity index is 1190. The quantitative estimate of drug-likeness (QED) is 0.329. The van der Waals surface area contributed by atoms with Crippen LogP contribution in [0, 0.1) is 0 Å². The summed E-state index contributed by atoms with van der Waals surface area (Å²) in [5.41, 5.74) is 1.67. The van der Waals surface area contributed by atoms with Gasteiger partial charge in [0.15, 0.2) is 0 Å². The van der Waals surface area contributed by atoms with Crippen molar-refractivity contribution < 1.29 is 17.9 Å². The highest BCUT2D eigenvalue weighted by molar-refractivity contribution is 7.92. The van der Waals surface area contributed by atoms with Gasteiger partial charge in [0, 0.05) is 43.4 Å². The number of unbranched alkanes of at least 4 members (excludes halogenated alkanes) is 1. The number of piperidine rings is 1. The van der Waals surface area contributed by atoms with Crippen LogP contribution >= 0.6 is 0 Å². The third-order valence-corrected chi connectivity index (χ3v) is 8.71. The fourth-order valence-electron chi connectivity index (χ4n) is 5.82. The van der Waals surface area contributed by atoms with E-state index in [2.05, 4.69) is 45.8 Å². The fraction of sp³-hybridized carbons (Fsp3) is 0.581. The molecule has 0 bridgehead atoms. The minimum atomic E-state index is -3.30. The van der Waals surface area contributed by atoms with E-state index in [1.807, 2.05) is 12.1 Å². The third kappa shape index (κ3) is 9.13. The summed E-state index contributed by atoms with van der Waals surface area (Å²) in [5, 5.41) is 3.42. The van der Waals surface area contributed by atoms with Crippen LogP contribution in [0.3, 0.4) is 0 Å². The zero-order valence-electron chi connectivity index (χ0n) is 24.3. The maximum Gasteiger partial charge on any atom is 0.318 e. The van der Waals surface area contributed by atoms with Crippen LogP contribution in [0.5, 0.6) is 11.5 Å². The molecule has 1 saturated carbocycles. The Balaban J connectivity index is 1.26. The lowest BCUT2D eigenvalue weighted by Crippen LogP contribution is -2.56. The number of amides is 2. The Morgan fingerprint density at radius 2 is 1.60 bits per heavy atom. The van der Waals surface area contributed by atoms with Crippen molar-refractivity contribution in [1.82, 2.24) is 15.1 Å². The molecule has 0 spiro atoms. The number of hydrogen-bond acceptors (Lipinski definition) is 5. The Morgan fingerprint density at radius 1 is 1.00 bits per heavy atom. The van der Waals surface area contributed by atoms with Crippen LogP contribution in [0.1, 0.15) is 77.2 Å². The normalized spacial score (nSPS) is 18.2. The van der Waals surface area contributed by atoms with Gasteiger partial charge in [-0.2, -0.15) is 0 Å². The van der Waals surface area contributed by atoms with Crippen LogP contribution in [0.15, 0.2) is 48.5 Å². The van der Waals surface area contributed by atoms with Gasteiger partial charge in [-0.25, -0.2) is 13.2 Å². The van der Waals surface area contributed by atoms with E-state index in [-0.39, 0.29) is 11.6 Å². The highest BCUT2D eigenvalue weighted by Crippen LogP contribution is 2.29. The lowest BCUT2D eigenvalue weighted by atomic mass is 9.83. The number of carbonyl (C=O) groups excluding carboxylic acids is 1. The Morgan fingerprint density at radius 3 is 2.17 bits per heavy atom. The lowest BCUT2D eigenvalue weighted by Gasteiger charge is -2.41. The number of anilines is 1. The van der Waals surface area contributed by atoms with Gasteiger partial charge in [-0.3, -0.25) is 9.62 Å². The predicted octanol–water partition coefficient (Wildman–Crippen LogP) is 6.35. The summed E-state index contributed by atoms with van der Waals surface area (Å²) in [6, 6.07) is 15.4. The molecule has 1 heterocycles. The second kappa shape index (κ2) is 13.7. The first kappa shape index (κ1) is 30.2. The van der Waals surface area contributed by atoms with Crippen molar-refractivity contribution in [2.45, 2.75) is 89.8 Å². The van der Waals surface area contributed by atoms with Crippen molar-refractivity contribution in [3.05, 3.63) is 54.1 Å². The summed E-state index contributed by atoms with van der Waals surface area (Å²) in [5.74, 6) is 1.37. The van der Waals surface area contributed by atoms with Gasteiger partial charge in [0.2, 0.25) is 10.0 Å². The SMILES string of the molecule is CCCCN(C(=O)NC1(C)CCCCC1)C1CCN(Cc2ccc(Oc3ccc(NS(C)(=O)=O)cc3)cc2)CC1. The van der Waals surface area contributed by atoms with Crippen molar-refractivity contribution in [3.8, 4) is 11.5 Å². The first-order valence-corrected chi connectivity index (χ1v) is 16.7. The molecule has 2 aromatic rings. The zero-order chi connectivity index (χ0) is 28.6. The molecule has 0 atom stereocenters. The standard InChI is InChI=1S/C31H46N4O4S/c1-4-5-21-35(30(36)32-31(2)19-7-6-8-20-31)27-17-22-34(23-18-27)24-25-9-13-28(14-10-25)39-29-15-11-26(12-16-29)33-40(3,37)38/h9-16,27,33H,4-8,17-24H2,1-3H3,(H,32,36). The Kier molecular flexibility index (Phi) is 10.4. The number of ether oxygens (including phenoxy) is 1. The molecular weight excluding hydrogens is 524 g/mol. The summed E-state index contributed by atoms with van der Waals surface area (Å²) < 4.78 is 31.1. The van der Waals surface area contributed by atoms with E-state index in [4.69, 9.17) is 4.74 Å². The Hall–Kier alpha value is -2.78. The Labute approximate surface area is 240 Å². The maximum absolute atomic E-state index is 13.4. The van der Waals surface area contributed by atoms with Crippen molar-refractivity contribution >= 4 is 21.7 Å². The van der Waals surface area contributed by atoms with E-state index in [1.54, 1.807) is 24.3 Å².